The standard InChI is InChI=1S/C11H16N2O4S2/c1-4-17-11(15)10-13-8(6-18-10)9(14)12-5-7(2)19(3)16/h6-7H,4-5H2,1-3H3,(H,12,14). The van der Waals surface area contributed by atoms with E-state index in [9.17, 15) is 13.8 Å². The molecule has 2 unspecified atom stereocenters. The molecule has 0 fully saturated rings. The Balaban J connectivity index is 2.59. The molecule has 0 aliphatic rings. The molecule has 19 heavy (non-hydrogen) atoms. The van der Waals surface area contributed by atoms with E-state index in [-0.39, 0.29) is 28.5 Å². The van der Waals surface area contributed by atoms with Gasteiger partial charge in [0.2, 0.25) is 5.01 Å². The van der Waals surface area contributed by atoms with Crippen LogP contribution in [-0.4, -0.2) is 45.7 Å². The van der Waals surface area contributed by atoms with Gasteiger partial charge < -0.3 is 10.1 Å². The van der Waals surface area contributed by atoms with Crippen LogP contribution in [0.25, 0.3) is 0 Å². The van der Waals surface area contributed by atoms with Crippen molar-refractivity contribution in [2.75, 3.05) is 19.4 Å². The average Bonchev–Trinajstić information content (AvgIpc) is 2.85. The number of hydrogen-bond acceptors (Lipinski definition) is 6. The number of ether oxygens (including phenoxy) is 1. The first-order chi connectivity index (χ1) is 8.95. The maximum absolute atomic E-state index is 11.7. The molecule has 0 saturated carbocycles. The Hall–Kier alpha value is -1.28. The zero-order chi connectivity index (χ0) is 14.4. The molecular formula is C11H16N2O4S2. The predicted molar refractivity (Wildman–Crippen MR) is 73.9 cm³/mol. The first kappa shape index (κ1) is 15.8. The van der Waals surface area contributed by atoms with Gasteiger partial charge >= 0.3 is 5.97 Å². The number of rotatable bonds is 6. The van der Waals surface area contributed by atoms with E-state index < -0.39 is 16.8 Å². The van der Waals surface area contributed by atoms with Crippen LogP contribution in [0.15, 0.2) is 5.38 Å². The molecule has 8 heteroatoms. The Morgan fingerprint density at radius 2 is 2.26 bits per heavy atom. The smallest absolute Gasteiger partial charge is 0.367 e. The summed E-state index contributed by atoms with van der Waals surface area (Å²) in [5, 5.41) is 4.14. The number of amides is 1. The number of thiazole rings is 1. The summed E-state index contributed by atoms with van der Waals surface area (Å²) >= 11 is 1.06. The second-order valence-corrected chi connectivity index (χ2v) is 6.44. The van der Waals surface area contributed by atoms with Crippen molar-refractivity contribution in [1.82, 2.24) is 10.3 Å². The first-order valence-electron chi connectivity index (χ1n) is 5.68. The molecule has 1 N–H and O–H groups in total. The van der Waals surface area contributed by atoms with Gasteiger partial charge in [0.1, 0.15) is 5.69 Å². The molecule has 1 amide bonds. The second-order valence-electron chi connectivity index (χ2n) is 3.78. The SMILES string of the molecule is CCOC(=O)c1nc(C(=O)NCC(C)S(C)=O)cs1. The minimum absolute atomic E-state index is 0.132. The predicted octanol–water partition coefficient (Wildman–Crippen LogP) is 0.817. The summed E-state index contributed by atoms with van der Waals surface area (Å²) < 4.78 is 15.9. The van der Waals surface area contributed by atoms with E-state index >= 15 is 0 Å². The van der Waals surface area contributed by atoms with Gasteiger partial charge in [-0.15, -0.1) is 11.3 Å². The minimum atomic E-state index is -0.995. The molecule has 106 valence electrons. The molecule has 6 nitrogen and oxygen atoms in total. The maximum atomic E-state index is 11.7. The summed E-state index contributed by atoms with van der Waals surface area (Å²) in [6.45, 7) is 4.04. The van der Waals surface area contributed by atoms with Crippen LogP contribution in [0.5, 0.6) is 0 Å². The van der Waals surface area contributed by atoms with Crippen molar-refractivity contribution in [3.8, 4) is 0 Å². The van der Waals surface area contributed by atoms with Gasteiger partial charge in [-0.1, -0.05) is 0 Å². The highest BCUT2D eigenvalue weighted by atomic mass is 32.2. The van der Waals surface area contributed by atoms with Crippen LogP contribution in [0.4, 0.5) is 0 Å². The molecule has 1 aromatic rings. The van der Waals surface area contributed by atoms with E-state index in [2.05, 4.69) is 10.3 Å². The summed E-state index contributed by atoms with van der Waals surface area (Å²) in [7, 11) is -0.995. The topological polar surface area (TPSA) is 85.4 Å². The van der Waals surface area contributed by atoms with Crippen molar-refractivity contribution < 1.29 is 18.5 Å². The number of hydrogen-bond donors (Lipinski definition) is 1. The Kier molecular flexibility index (Phi) is 6.10. The molecule has 0 saturated heterocycles. The number of esters is 1. The van der Waals surface area contributed by atoms with Gasteiger partial charge in [-0.05, 0) is 13.8 Å². The molecule has 1 rings (SSSR count). The van der Waals surface area contributed by atoms with E-state index in [0.717, 1.165) is 11.3 Å². The number of nitrogens with one attached hydrogen (secondary N) is 1. The zero-order valence-corrected chi connectivity index (χ0v) is 12.6. The van der Waals surface area contributed by atoms with E-state index in [1.165, 1.54) is 5.38 Å². The van der Waals surface area contributed by atoms with Crippen LogP contribution in [0.1, 0.15) is 34.1 Å². The number of nitrogens with zero attached hydrogens (tertiary/aromatic N) is 1. The van der Waals surface area contributed by atoms with Crippen molar-refractivity contribution in [1.29, 1.82) is 0 Å². The van der Waals surface area contributed by atoms with Crippen LogP contribution in [0.2, 0.25) is 0 Å². The van der Waals surface area contributed by atoms with Gasteiger partial charge in [0, 0.05) is 34.2 Å². The highest BCUT2D eigenvalue weighted by molar-refractivity contribution is 7.84. The van der Waals surface area contributed by atoms with Crippen LogP contribution >= 0.6 is 11.3 Å². The van der Waals surface area contributed by atoms with Crippen molar-refractivity contribution >= 4 is 34.0 Å². The van der Waals surface area contributed by atoms with Gasteiger partial charge in [0.15, 0.2) is 0 Å². The molecule has 1 aromatic heterocycles. The first-order valence-corrected chi connectivity index (χ1v) is 8.18. The fourth-order valence-electron chi connectivity index (χ4n) is 1.11. The van der Waals surface area contributed by atoms with Crippen molar-refractivity contribution in [3.63, 3.8) is 0 Å². The van der Waals surface area contributed by atoms with E-state index in [0.29, 0.717) is 6.54 Å². The van der Waals surface area contributed by atoms with Gasteiger partial charge in [-0.2, -0.15) is 0 Å². The average molecular weight is 304 g/mol. The summed E-state index contributed by atoms with van der Waals surface area (Å²) in [6.07, 6.45) is 1.58. The van der Waals surface area contributed by atoms with Gasteiger partial charge in [-0.25, -0.2) is 9.78 Å². The molecule has 1 heterocycles. The van der Waals surface area contributed by atoms with Crippen molar-refractivity contribution in [3.05, 3.63) is 16.1 Å². The van der Waals surface area contributed by atoms with Crippen LogP contribution in [0, 0.1) is 0 Å². The van der Waals surface area contributed by atoms with Crippen LogP contribution < -0.4 is 5.32 Å². The van der Waals surface area contributed by atoms with Crippen molar-refractivity contribution in [2.45, 2.75) is 19.1 Å². The molecular weight excluding hydrogens is 288 g/mol. The number of aromatic nitrogens is 1. The van der Waals surface area contributed by atoms with Crippen molar-refractivity contribution in [2.24, 2.45) is 0 Å². The lowest BCUT2D eigenvalue weighted by Crippen LogP contribution is -2.32. The van der Waals surface area contributed by atoms with Gasteiger partial charge in [0.25, 0.3) is 5.91 Å². The highest BCUT2D eigenvalue weighted by Crippen LogP contribution is 2.11. The summed E-state index contributed by atoms with van der Waals surface area (Å²) in [6, 6.07) is 0. The van der Waals surface area contributed by atoms with Crippen LogP contribution in [-0.2, 0) is 15.5 Å². The largest absolute Gasteiger partial charge is 0.461 e. The fourth-order valence-corrected chi connectivity index (χ4v) is 2.12. The molecule has 0 aromatic carbocycles. The second kappa shape index (κ2) is 7.34. The third-order valence-corrected chi connectivity index (χ3v) is 4.43. The molecule has 0 spiro atoms. The molecule has 0 radical (unpaired) electrons. The Morgan fingerprint density at radius 1 is 1.58 bits per heavy atom. The third kappa shape index (κ3) is 4.71. The lowest BCUT2D eigenvalue weighted by Gasteiger charge is -2.08. The molecule has 0 bridgehead atoms. The van der Waals surface area contributed by atoms with Gasteiger partial charge in [-0.3, -0.25) is 9.00 Å². The quantitative estimate of drug-likeness (QED) is 0.786. The van der Waals surface area contributed by atoms with E-state index in [1.54, 1.807) is 20.1 Å². The summed E-state index contributed by atoms with van der Waals surface area (Å²) in [4.78, 5) is 27.0. The van der Waals surface area contributed by atoms with E-state index in [4.69, 9.17) is 4.74 Å². The Labute approximate surface area is 118 Å². The summed E-state index contributed by atoms with van der Waals surface area (Å²) in [5.41, 5.74) is 0.169. The van der Waals surface area contributed by atoms with Crippen LogP contribution in [0.3, 0.4) is 0 Å². The monoisotopic (exact) mass is 304 g/mol. The van der Waals surface area contributed by atoms with Gasteiger partial charge in [0.05, 0.1) is 6.61 Å². The fraction of sp³-hybridized carbons (Fsp3) is 0.545. The number of carbonyl (C=O) groups excluding carboxylic acids is 2. The third-order valence-electron chi connectivity index (χ3n) is 2.30. The lowest BCUT2D eigenvalue weighted by molar-refractivity contribution is 0.0526. The molecule has 0 aliphatic heterocycles. The maximum Gasteiger partial charge on any atom is 0.367 e. The summed E-state index contributed by atoms with van der Waals surface area (Å²) in [5.74, 6) is -0.918. The zero-order valence-electron chi connectivity index (χ0n) is 11.0. The normalized spacial score (nSPS) is 13.6. The lowest BCUT2D eigenvalue weighted by atomic mass is 10.4. The molecule has 0 aliphatic carbocycles. The Morgan fingerprint density at radius 3 is 2.84 bits per heavy atom. The Bertz CT molecular complexity index is 487. The highest BCUT2D eigenvalue weighted by Gasteiger charge is 2.17. The molecule has 2 atom stereocenters. The minimum Gasteiger partial charge on any atom is -0.461 e. The number of carbonyl (C=O) groups is 2. The van der Waals surface area contributed by atoms with E-state index in [1.807, 2.05) is 0 Å².